The SMILES string of the molecule is Cc1ccc(C(=O)CCC(=O)Nc2ccc(C(=O)N3CCN(C)CC3)cc2)cc1C. The van der Waals surface area contributed by atoms with Crippen molar-refractivity contribution in [3.05, 3.63) is 64.7 Å². The van der Waals surface area contributed by atoms with Gasteiger partial charge in [0.15, 0.2) is 5.78 Å². The van der Waals surface area contributed by atoms with Gasteiger partial charge in [0.1, 0.15) is 0 Å². The smallest absolute Gasteiger partial charge is 0.253 e. The van der Waals surface area contributed by atoms with Crippen LogP contribution in [-0.4, -0.2) is 60.6 Å². The lowest BCUT2D eigenvalue weighted by Crippen LogP contribution is -2.47. The number of hydrogen-bond donors (Lipinski definition) is 1. The summed E-state index contributed by atoms with van der Waals surface area (Å²) in [5.74, 6) is -0.244. The number of aryl methyl sites for hydroxylation is 2. The van der Waals surface area contributed by atoms with E-state index < -0.39 is 0 Å². The van der Waals surface area contributed by atoms with E-state index in [4.69, 9.17) is 0 Å². The fourth-order valence-electron chi connectivity index (χ4n) is 3.40. The first-order chi connectivity index (χ1) is 14.3. The maximum absolute atomic E-state index is 12.6. The zero-order valence-electron chi connectivity index (χ0n) is 17.9. The van der Waals surface area contributed by atoms with Crippen LogP contribution in [0.3, 0.4) is 0 Å². The average Bonchev–Trinajstić information content (AvgIpc) is 2.74. The van der Waals surface area contributed by atoms with Gasteiger partial charge < -0.3 is 15.1 Å². The van der Waals surface area contributed by atoms with Gasteiger partial charge in [-0.15, -0.1) is 0 Å². The van der Waals surface area contributed by atoms with Crippen LogP contribution in [0.4, 0.5) is 5.69 Å². The van der Waals surface area contributed by atoms with Gasteiger partial charge in [-0.3, -0.25) is 14.4 Å². The lowest BCUT2D eigenvalue weighted by atomic mass is 10.0. The Hall–Kier alpha value is -2.99. The van der Waals surface area contributed by atoms with Crippen LogP contribution in [0.15, 0.2) is 42.5 Å². The Kier molecular flexibility index (Phi) is 7.00. The standard InChI is InChI=1S/C24H29N3O3/c1-17-4-5-20(16-18(17)2)22(28)10-11-23(29)25-21-8-6-19(7-9-21)24(30)27-14-12-26(3)13-15-27/h4-9,16H,10-15H2,1-3H3,(H,25,29). The Morgan fingerprint density at radius 2 is 1.47 bits per heavy atom. The first-order valence-corrected chi connectivity index (χ1v) is 10.3. The highest BCUT2D eigenvalue weighted by atomic mass is 16.2. The number of nitrogens with zero attached hydrogens (tertiary/aromatic N) is 2. The van der Waals surface area contributed by atoms with E-state index >= 15 is 0 Å². The molecule has 0 aliphatic carbocycles. The molecule has 0 aromatic heterocycles. The molecular formula is C24H29N3O3. The van der Waals surface area contributed by atoms with Crippen molar-refractivity contribution < 1.29 is 14.4 Å². The molecule has 0 unspecified atom stereocenters. The van der Waals surface area contributed by atoms with Crippen LogP contribution in [-0.2, 0) is 4.79 Å². The van der Waals surface area contributed by atoms with Crippen molar-refractivity contribution in [1.29, 1.82) is 0 Å². The zero-order chi connectivity index (χ0) is 21.7. The number of rotatable bonds is 6. The summed E-state index contributed by atoms with van der Waals surface area (Å²) >= 11 is 0. The van der Waals surface area contributed by atoms with Crippen molar-refractivity contribution in [2.75, 3.05) is 38.5 Å². The number of Topliss-reactive ketones (excluding diaryl/α,β-unsaturated/α-hetero) is 1. The monoisotopic (exact) mass is 407 g/mol. The second-order valence-corrected chi connectivity index (χ2v) is 7.94. The fourth-order valence-corrected chi connectivity index (χ4v) is 3.40. The predicted octanol–water partition coefficient (Wildman–Crippen LogP) is 3.29. The number of nitrogens with one attached hydrogen (secondary N) is 1. The molecule has 0 spiro atoms. The van der Waals surface area contributed by atoms with E-state index in [9.17, 15) is 14.4 Å². The molecule has 3 rings (SSSR count). The number of piperazine rings is 1. The van der Waals surface area contributed by atoms with Crippen LogP contribution < -0.4 is 5.32 Å². The molecule has 2 amide bonds. The molecule has 30 heavy (non-hydrogen) atoms. The van der Waals surface area contributed by atoms with Crippen LogP contribution in [0.25, 0.3) is 0 Å². The lowest BCUT2D eigenvalue weighted by Gasteiger charge is -2.32. The first kappa shape index (κ1) is 21.7. The zero-order valence-corrected chi connectivity index (χ0v) is 17.9. The highest BCUT2D eigenvalue weighted by Crippen LogP contribution is 2.15. The normalized spacial score (nSPS) is 14.4. The van der Waals surface area contributed by atoms with Gasteiger partial charge in [0.2, 0.25) is 5.91 Å². The predicted molar refractivity (Wildman–Crippen MR) is 118 cm³/mol. The summed E-state index contributed by atoms with van der Waals surface area (Å²) in [6.45, 7) is 7.17. The van der Waals surface area contributed by atoms with E-state index in [-0.39, 0.29) is 30.4 Å². The molecule has 0 atom stereocenters. The molecule has 1 heterocycles. The number of benzene rings is 2. The largest absolute Gasteiger partial charge is 0.336 e. The van der Waals surface area contributed by atoms with Crippen LogP contribution in [0.2, 0.25) is 0 Å². The molecule has 1 aliphatic rings. The topological polar surface area (TPSA) is 69.7 Å². The Bertz CT molecular complexity index is 929. The highest BCUT2D eigenvalue weighted by Gasteiger charge is 2.20. The van der Waals surface area contributed by atoms with Crippen molar-refractivity contribution in [2.24, 2.45) is 0 Å². The number of amides is 2. The number of carbonyl (C=O) groups is 3. The number of anilines is 1. The summed E-state index contributed by atoms with van der Waals surface area (Å²) in [6.07, 6.45) is 0.280. The third kappa shape index (κ3) is 5.54. The minimum Gasteiger partial charge on any atom is -0.336 e. The Labute approximate surface area is 177 Å². The Balaban J connectivity index is 1.50. The van der Waals surface area contributed by atoms with Crippen molar-refractivity contribution in [3.63, 3.8) is 0 Å². The van der Waals surface area contributed by atoms with Crippen molar-refractivity contribution >= 4 is 23.3 Å². The van der Waals surface area contributed by atoms with Crippen LogP contribution in [0.5, 0.6) is 0 Å². The molecule has 158 valence electrons. The summed E-state index contributed by atoms with van der Waals surface area (Å²) in [6, 6.07) is 12.5. The average molecular weight is 408 g/mol. The van der Waals surface area contributed by atoms with Crippen molar-refractivity contribution in [2.45, 2.75) is 26.7 Å². The van der Waals surface area contributed by atoms with E-state index in [0.29, 0.717) is 16.8 Å². The molecule has 2 aromatic rings. The summed E-state index contributed by atoms with van der Waals surface area (Å²) in [7, 11) is 2.05. The summed E-state index contributed by atoms with van der Waals surface area (Å²) in [5, 5.41) is 2.80. The van der Waals surface area contributed by atoms with Gasteiger partial charge in [-0.2, -0.15) is 0 Å². The minimum atomic E-state index is -0.217. The second kappa shape index (κ2) is 9.67. The molecule has 1 saturated heterocycles. The maximum atomic E-state index is 12.6. The van der Waals surface area contributed by atoms with E-state index in [1.165, 1.54) is 0 Å². The van der Waals surface area contributed by atoms with Crippen LogP contribution >= 0.6 is 0 Å². The van der Waals surface area contributed by atoms with E-state index in [2.05, 4.69) is 17.3 Å². The fraction of sp³-hybridized carbons (Fsp3) is 0.375. The molecule has 0 bridgehead atoms. The van der Waals surface area contributed by atoms with E-state index in [1.807, 2.05) is 30.9 Å². The number of ketones is 1. The van der Waals surface area contributed by atoms with Gasteiger partial charge in [-0.1, -0.05) is 12.1 Å². The second-order valence-electron chi connectivity index (χ2n) is 7.94. The summed E-state index contributed by atoms with van der Waals surface area (Å²) < 4.78 is 0. The van der Waals surface area contributed by atoms with Gasteiger partial charge in [0.05, 0.1) is 0 Å². The maximum Gasteiger partial charge on any atom is 0.253 e. The summed E-state index contributed by atoms with van der Waals surface area (Å²) in [4.78, 5) is 41.2. The number of likely N-dealkylation sites (N-methyl/N-ethyl adjacent to an activating group) is 1. The van der Waals surface area contributed by atoms with Gasteiger partial charge in [-0.25, -0.2) is 0 Å². The van der Waals surface area contributed by atoms with E-state index in [1.54, 1.807) is 30.3 Å². The summed E-state index contributed by atoms with van der Waals surface area (Å²) in [5.41, 5.74) is 4.07. The molecular weight excluding hydrogens is 378 g/mol. The molecule has 2 aromatic carbocycles. The number of hydrogen-bond acceptors (Lipinski definition) is 4. The van der Waals surface area contributed by atoms with Crippen LogP contribution in [0.1, 0.15) is 44.7 Å². The minimum absolute atomic E-state index is 0.0139. The van der Waals surface area contributed by atoms with Crippen molar-refractivity contribution in [1.82, 2.24) is 9.80 Å². The van der Waals surface area contributed by atoms with Gasteiger partial charge >= 0.3 is 0 Å². The molecule has 1 fully saturated rings. The first-order valence-electron chi connectivity index (χ1n) is 10.3. The molecule has 6 nitrogen and oxygen atoms in total. The van der Waals surface area contributed by atoms with Crippen LogP contribution in [0, 0.1) is 13.8 Å². The number of carbonyl (C=O) groups excluding carboxylic acids is 3. The van der Waals surface area contributed by atoms with Gasteiger partial charge in [-0.05, 0) is 62.4 Å². The third-order valence-corrected chi connectivity index (χ3v) is 5.61. The molecule has 6 heteroatoms. The molecule has 0 saturated carbocycles. The molecule has 1 aliphatic heterocycles. The van der Waals surface area contributed by atoms with E-state index in [0.717, 1.165) is 37.3 Å². The van der Waals surface area contributed by atoms with Gasteiger partial charge in [0, 0.05) is 55.8 Å². The third-order valence-electron chi connectivity index (χ3n) is 5.61. The quantitative estimate of drug-likeness (QED) is 0.746. The Morgan fingerprint density at radius 3 is 2.10 bits per heavy atom. The Morgan fingerprint density at radius 1 is 0.833 bits per heavy atom. The molecule has 1 N–H and O–H groups in total. The van der Waals surface area contributed by atoms with Crippen molar-refractivity contribution in [3.8, 4) is 0 Å². The molecule has 0 radical (unpaired) electrons. The lowest BCUT2D eigenvalue weighted by molar-refractivity contribution is -0.116. The highest BCUT2D eigenvalue weighted by molar-refractivity contribution is 6.00. The van der Waals surface area contributed by atoms with Gasteiger partial charge in [0.25, 0.3) is 5.91 Å².